The van der Waals surface area contributed by atoms with Gasteiger partial charge in [-0.3, -0.25) is 9.69 Å². The van der Waals surface area contributed by atoms with Crippen LogP contribution in [0.1, 0.15) is 12.8 Å². The van der Waals surface area contributed by atoms with Crippen molar-refractivity contribution in [2.45, 2.75) is 30.3 Å². The Morgan fingerprint density at radius 2 is 2.00 bits per heavy atom. The molecule has 2 heterocycles. The number of hydrogen-bond acceptors (Lipinski definition) is 3. The van der Waals surface area contributed by atoms with Crippen molar-refractivity contribution in [2.24, 2.45) is 5.92 Å². The van der Waals surface area contributed by atoms with E-state index >= 15 is 0 Å². The van der Waals surface area contributed by atoms with Crippen LogP contribution in [0.15, 0.2) is 0 Å². The van der Waals surface area contributed by atoms with E-state index in [4.69, 9.17) is 5.11 Å². The Kier molecular flexibility index (Phi) is 2.88. The monoisotopic (exact) mass is 268 g/mol. The molecule has 4 nitrogen and oxygen atoms in total. The maximum atomic E-state index is 13.4. The zero-order valence-corrected chi connectivity index (χ0v) is 9.97. The minimum absolute atomic E-state index is 0. The smallest absolute Gasteiger partial charge is 0.324 e. The zero-order chi connectivity index (χ0) is 11.6. The lowest BCUT2D eigenvalue weighted by molar-refractivity contribution is -0.145. The average molecular weight is 269 g/mol. The molecule has 0 unspecified atom stereocenters. The Balaban J connectivity index is 0.00000108. The van der Waals surface area contributed by atoms with Crippen LogP contribution in [0.3, 0.4) is 0 Å². The predicted octanol–water partition coefficient (Wildman–Crippen LogP) is 0.564. The van der Waals surface area contributed by atoms with E-state index in [2.05, 4.69) is 5.32 Å². The molecule has 0 aromatic carbocycles. The van der Waals surface area contributed by atoms with Crippen molar-refractivity contribution in [1.29, 1.82) is 0 Å². The molecule has 0 radical (unpaired) electrons. The summed E-state index contributed by atoms with van der Waals surface area (Å²) in [7, 11) is 0. The lowest BCUT2D eigenvalue weighted by atomic mass is 10.0. The summed E-state index contributed by atoms with van der Waals surface area (Å²) < 4.78 is 26.9. The second-order valence-electron chi connectivity index (χ2n) is 5.10. The molecule has 0 aromatic rings. The highest BCUT2D eigenvalue weighted by molar-refractivity contribution is 5.85. The molecule has 2 atom stereocenters. The topological polar surface area (TPSA) is 52.6 Å². The van der Waals surface area contributed by atoms with Crippen LogP contribution < -0.4 is 5.32 Å². The Morgan fingerprint density at radius 1 is 1.35 bits per heavy atom. The second-order valence-corrected chi connectivity index (χ2v) is 5.10. The molecule has 17 heavy (non-hydrogen) atoms. The molecule has 0 spiro atoms. The molecule has 3 aliphatic rings. The first-order valence-electron chi connectivity index (χ1n) is 5.55. The molecular weight excluding hydrogens is 254 g/mol. The lowest BCUT2D eigenvalue weighted by Gasteiger charge is -2.25. The summed E-state index contributed by atoms with van der Waals surface area (Å²) >= 11 is 0. The number of halogens is 3. The van der Waals surface area contributed by atoms with E-state index in [1.54, 1.807) is 4.90 Å². The molecule has 2 aliphatic heterocycles. The number of hydrogen-bond donors (Lipinski definition) is 2. The van der Waals surface area contributed by atoms with E-state index in [0.29, 0.717) is 19.4 Å². The van der Waals surface area contributed by atoms with Crippen LogP contribution in [0.25, 0.3) is 0 Å². The normalized spacial score (nSPS) is 37.3. The lowest BCUT2D eigenvalue weighted by Crippen LogP contribution is -2.45. The molecule has 1 aliphatic carbocycles. The summed E-state index contributed by atoms with van der Waals surface area (Å²) in [4.78, 5) is 12.8. The number of carbonyl (C=O) groups is 1. The molecule has 98 valence electrons. The maximum Gasteiger partial charge on any atom is 0.324 e. The first kappa shape index (κ1) is 13.0. The van der Waals surface area contributed by atoms with Crippen molar-refractivity contribution in [3.63, 3.8) is 0 Å². The van der Waals surface area contributed by atoms with Gasteiger partial charge in [-0.15, -0.1) is 12.4 Å². The molecule has 7 heteroatoms. The fraction of sp³-hybridized carbons (Fsp3) is 0.900. The largest absolute Gasteiger partial charge is 0.480 e. The van der Waals surface area contributed by atoms with Crippen molar-refractivity contribution < 1.29 is 18.7 Å². The van der Waals surface area contributed by atoms with Crippen LogP contribution in [-0.2, 0) is 4.79 Å². The van der Waals surface area contributed by atoms with E-state index in [-0.39, 0.29) is 31.5 Å². The standard InChI is InChI=1S/C10H14F2N2O2.ClH/c11-10(12)5-13-7-4-14(3-6(7)10)9(1-2-9)8(15)16;/h6-7,13H,1-5H2,(H,15,16);1H/t6-,7+;/m1./s1. The number of aliphatic carboxylic acids is 1. The van der Waals surface area contributed by atoms with Gasteiger partial charge in [0.05, 0.1) is 12.5 Å². The minimum atomic E-state index is -2.69. The van der Waals surface area contributed by atoms with Crippen LogP contribution in [0.2, 0.25) is 0 Å². The van der Waals surface area contributed by atoms with Crippen LogP contribution in [-0.4, -0.2) is 53.1 Å². The summed E-state index contributed by atoms with van der Waals surface area (Å²) in [6, 6.07) is -0.244. The Bertz CT molecular complexity index is 349. The highest BCUT2D eigenvalue weighted by Crippen LogP contribution is 2.47. The number of carboxylic acid groups (broad SMARTS) is 1. The van der Waals surface area contributed by atoms with Crippen molar-refractivity contribution in [2.75, 3.05) is 19.6 Å². The van der Waals surface area contributed by atoms with Gasteiger partial charge in [0.1, 0.15) is 5.54 Å². The van der Waals surface area contributed by atoms with E-state index in [1.165, 1.54) is 0 Å². The Labute approximate surface area is 104 Å². The molecular formula is C10H15ClF2N2O2. The van der Waals surface area contributed by atoms with E-state index in [0.717, 1.165) is 0 Å². The summed E-state index contributed by atoms with van der Waals surface area (Å²) in [6.45, 7) is 0.375. The van der Waals surface area contributed by atoms with Gasteiger partial charge in [-0.1, -0.05) is 0 Å². The molecule has 1 saturated carbocycles. The van der Waals surface area contributed by atoms with Gasteiger partial charge < -0.3 is 10.4 Å². The predicted molar refractivity (Wildman–Crippen MR) is 58.6 cm³/mol. The SMILES string of the molecule is Cl.O=C(O)C1(N2C[C@@H]3NCC(F)(F)[C@@H]3C2)CC1. The molecule has 0 amide bonds. The van der Waals surface area contributed by atoms with Gasteiger partial charge >= 0.3 is 5.97 Å². The Hall–Kier alpha value is -0.460. The van der Waals surface area contributed by atoms with Crippen LogP contribution >= 0.6 is 12.4 Å². The summed E-state index contributed by atoms with van der Waals surface area (Å²) in [6.07, 6.45) is 1.18. The van der Waals surface area contributed by atoms with Gasteiger partial charge in [0.2, 0.25) is 0 Å². The third-order valence-corrected chi connectivity index (χ3v) is 4.19. The maximum absolute atomic E-state index is 13.4. The minimum Gasteiger partial charge on any atom is -0.480 e. The quantitative estimate of drug-likeness (QED) is 0.769. The molecule has 0 aromatic heterocycles. The molecule has 3 fully saturated rings. The second kappa shape index (κ2) is 3.76. The van der Waals surface area contributed by atoms with Gasteiger partial charge in [0.15, 0.2) is 0 Å². The molecule has 2 saturated heterocycles. The van der Waals surface area contributed by atoms with Gasteiger partial charge in [-0.25, -0.2) is 8.78 Å². The van der Waals surface area contributed by atoms with E-state index in [9.17, 15) is 13.6 Å². The van der Waals surface area contributed by atoms with Crippen molar-refractivity contribution >= 4 is 18.4 Å². The molecule has 2 N–H and O–H groups in total. The number of fused-ring (bicyclic) bond motifs is 1. The summed E-state index contributed by atoms with van der Waals surface area (Å²) in [5.74, 6) is -4.27. The first-order valence-corrected chi connectivity index (χ1v) is 5.55. The fourth-order valence-electron chi connectivity index (χ4n) is 2.97. The van der Waals surface area contributed by atoms with Crippen LogP contribution in [0.5, 0.6) is 0 Å². The van der Waals surface area contributed by atoms with Gasteiger partial charge in [-0.05, 0) is 12.8 Å². The Morgan fingerprint density at radius 3 is 2.47 bits per heavy atom. The number of nitrogens with one attached hydrogen (secondary N) is 1. The third kappa shape index (κ3) is 1.73. The molecule has 3 rings (SSSR count). The number of rotatable bonds is 2. The first-order chi connectivity index (χ1) is 7.46. The van der Waals surface area contributed by atoms with Crippen LogP contribution in [0.4, 0.5) is 8.78 Å². The van der Waals surface area contributed by atoms with Gasteiger partial charge in [0.25, 0.3) is 5.92 Å². The number of likely N-dealkylation sites (tertiary alicyclic amines) is 1. The zero-order valence-electron chi connectivity index (χ0n) is 9.16. The summed E-state index contributed by atoms with van der Waals surface area (Å²) in [5, 5.41) is 11.9. The fourth-order valence-corrected chi connectivity index (χ4v) is 2.97. The highest BCUT2D eigenvalue weighted by Gasteiger charge is 2.62. The number of carboxylic acids is 1. The molecule has 0 bridgehead atoms. The number of nitrogens with zero attached hydrogens (tertiary/aromatic N) is 1. The van der Waals surface area contributed by atoms with Crippen molar-refractivity contribution in [3.05, 3.63) is 0 Å². The van der Waals surface area contributed by atoms with Crippen LogP contribution in [0, 0.1) is 5.92 Å². The van der Waals surface area contributed by atoms with Crippen molar-refractivity contribution in [1.82, 2.24) is 10.2 Å². The van der Waals surface area contributed by atoms with Gasteiger partial charge in [0, 0.05) is 19.1 Å². The van der Waals surface area contributed by atoms with E-state index < -0.39 is 23.3 Å². The summed E-state index contributed by atoms with van der Waals surface area (Å²) in [5.41, 5.74) is -0.831. The van der Waals surface area contributed by atoms with Crippen molar-refractivity contribution in [3.8, 4) is 0 Å². The average Bonchev–Trinajstić information content (AvgIpc) is 2.82. The number of alkyl halides is 2. The highest BCUT2D eigenvalue weighted by atomic mass is 35.5. The third-order valence-electron chi connectivity index (χ3n) is 4.19. The van der Waals surface area contributed by atoms with E-state index in [1.807, 2.05) is 0 Å². The van der Waals surface area contributed by atoms with Gasteiger partial charge in [-0.2, -0.15) is 0 Å².